The van der Waals surface area contributed by atoms with Gasteiger partial charge in [0.2, 0.25) is 0 Å². The van der Waals surface area contributed by atoms with Gasteiger partial charge in [-0.3, -0.25) is 14.7 Å². The Morgan fingerprint density at radius 2 is 2.00 bits per heavy atom. The van der Waals surface area contributed by atoms with Crippen LogP contribution in [0.2, 0.25) is 0 Å². The topological polar surface area (TPSA) is 87.3 Å². The Morgan fingerprint density at radius 3 is 2.69 bits per heavy atom. The van der Waals surface area contributed by atoms with Gasteiger partial charge >= 0.3 is 0 Å². The molecule has 4 rings (SSSR count). The quantitative estimate of drug-likeness (QED) is 0.813. The minimum atomic E-state index is -0.579. The Kier molecular flexibility index (Phi) is 4.42. The molecular weight excluding hydrogens is 339 g/mol. The molecule has 2 N–H and O–H groups in total. The highest BCUT2D eigenvalue weighted by molar-refractivity contribution is 6.07. The molecule has 0 bridgehead atoms. The van der Waals surface area contributed by atoms with Gasteiger partial charge in [0.1, 0.15) is 11.9 Å². The second-order valence-electron chi connectivity index (χ2n) is 6.54. The van der Waals surface area contributed by atoms with Gasteiger partial charge in [-0.25, -0.2) is 4.39 Å². The number of rotatable bonds is 4. The lowest BCUT2D eigenvalue weighted by molar-refractivity contribution is -0.124. The van der Waals surface area contributed by atoms with Crippen LogP contribution in [0.25, 0.3) is 0 Å². The van der Waals surface area contributed by atoms with Crippen LogP contribution >= 0.6 is 0 Å². The van der Waals surface area contributed by atoms with Gasteiger partial charge < -0.3 is 15.0 Å². The number of anilines is 1. The number of H-pyrrole nitrogens is 1. The molecule has 1 aromatic heterocycles. The number of benzene rings is 1. The van der Waals surface area contributed by atoms with E-state index in [9.17, 15) is 14.0 Å². The number of β-lactam (4-membered cyclic amide) rings is 1. The summed E-state index contributed by atoms with van der Waals surface area (Å²) in [6.07, 6.45) is 3.17. The molecule has 1 atom stereocenters. The minimum Gasteiger partial charge on any atom is -0.381 e. The van der Waals surface area contributed by atoms with Gasteiger partial charge in [0, 0.05) is 24.8 Å². The van der Waals surface area contributed by atoms with E-state index in [-0.39, 0.29) is 23.5 Å². The van der Waals surface area contributed by atoms with E-state index in [1.54, 1.807) is 12.1 Å². The molecule has 2 aliphatic rings. The Bertz CT molecular complexity index is 814. The Balaban J connectivity index is 1.40. The average Bonchev–Trinajstić information content (AvgIpc) is 3.16. The van der Waals surface area contributed by atoms with Crippen molar-refractivity contribution in [2.24, 2.45) is 0 Å². The third kappa shape index (κ3) is 3.08. The zero-order valence-electron chi connectivity index (χ0n) is 14.1. The lowest BCUT2D eigenvalue weighted by atomic mass is 9.93. The first-order chi connectivity index (χ1) is 12.6. The summed E-state index contributed by atoms with van der Waals surface area (Å²) in [6, 6.07) is 5.13. The van der Waals surface area contributed by atoms with Gasteiger partial charge in [-0.15, -0.1) is 0 Å². The van der Waals surface area contributed by atoms with E-state index >= 15 is 0 Å². The zero-order valence-corrected chi connectivity index (χ0v) is 14.1. The normalized spacial score (nSPS) is 20.7. The molecule has 0 radical (unpaired) electrons. The molecule has 26 heavy (non-hydrogen) atoms. The number of nitrogens with one attached hydrogen (secondary N) is 2. The molecule has 2 amide bonds. The summed E-state index contributed by atoms with van der Waals surface area (Å²) in [5.41, 5.74) is 1.89. The predicted molar refractivity (Wildman–Crippen MR) is 91.4 cm³/mol. The molecular formula is C18H19FN4O3. The van der Waals surface area contributed by atoms with E-state index in [1.165, 1.54) is 23.2 Å². The van der Waals surface area contributed by atoms with Gasteiger partial charge in [0.05, 0.1) is 24.0 Å². The number of hydrogen-bond donors (Lipinski definition) is 2. The van der Waals surface area contributed by atoms with Crippen LogP contribution in [0.15, 0.2) is 30.5 Å². The number of aromatic amines is 1. The summed E-state index contributed by atoms with van der Waals surface area (Å²) in [5, 5.41) is 9.69. The smallest absolute Gasteiger partial charge is 0.255 e. The Labute approximate surface area is 149 Å². The van der Waals surface area contributed by atoms with Crippen LogP contribution in [0.5, 0.6) is 0 Å². The molecule has 2 aromatic rings. The highest BCUT2D eigenvalue weighted by atomic mass is 19.1. The molecule has 136 valence electrons. The lowest BCUT2D eigenvalue weighted by Crippen LogP contribution is -2.64. The van der Waals surface area contributed by atoms with Gasteiger partial charge in [-0.1, -0.05) is 0 Å². The van der Waals surface area contributed by atoms with Crippen LogP contribution in [0.1, 0.15) is 34.8 Å². The molecule has 2 fully saturated rings. The molecule has 0 saturated carbocycles. The fraction of sp³-hybridized carbons (Fsp3) is 0.389. The first-order valence-electron chi connectivity index (χ1n) is 8.62. The molecule has 1 unspecified atom stereocenters. The fourth-order valence-electron chi connectivity index (χ4n) is 3.40. The minimum absolute atomic E-state index is 0.207. The highest BCUT2D eigenvalue weighted by Crippen LogP contribution is 2.28. The van der Waals surface area contributed by atoms with Crippen LogP contribution in [0.4, 0.5) is 10.1 Å². The first kappa shape index (κ1) is 16.7. The van der Waals surface area contributed by atoms with Gasteiger partial charge in [0.25, 0.3) is 11.8 Å². The van der Waals surface area contributed by atoms with Crippen molar-refractivity contribution in [3.63, 3.8) is 0 Å². The number of aromatic nitrogens is 2. The van der Waals surface area contributed by atoms with Crippen LogP contribution in [-0.4, -0.2) is 47.8 Å². The SMILES string of the molecule is O=C(NC1CN(c2ccc(F)cc2)C1=O)c1cn[nH]c1C1CCOCC1. The largest absolute Gasteiger partial charge is 0.381 e. The van der Waals surface area contributed by atoms with E-state index in [2.05, 4.69) is 15.5 Å². The molecule has 7 nitrogen and oxygen atoms in total. The second-order valence-corrected chi connectivity index (χ2v) is 6.54. The van der Waals surface area contributed by atoms with E-state index in [0.29, 0.717) is 31.0 Å². The molecule has 8 heteroatoms. The maximum Gasteiger partial charge on any atom is 0.255 e. The molecule has 1 aromatic carbocycles. The number of carbonyl (C=O) groups excluding carboxylic acids is 2. The number of amides is 2. The van der Waals surface area contributed by atoms with Crippen molar-refractivity contribution >= 4 is 17.5 Å². The number of halogens is 1. The molecule has 0 aliphatic carbocycles. The summed E-state index contributed by atoms with van der Waals surface area (Å²) in [4.78, 5) is 26.4. The Hall–Kier alpha value is -2.74. The Morgan fingerprint density at radius 1 is 1.27 bits per heavy atom. The lowest BCUT2D eigenvalue weighted by Gasteiger charge is -2.38. The zero-order chi connectivity index (χ0) is 18.1. The van der Waals surface area contributed by atoms with Crippen molar-refractivity contribution in [3.8, 4) is 0 Å². The van der Waals surface area contributed by atoms with E-state index < -0.39 is 6.04 Å². The van der Waals surface area contributed by atoms with Crippen LogP contribution in [0.3, 0.4) is 0 Å². The van der Waals surface area contributed by atoms with Crippen molar-refractivity contribution in [2.75, 3.05) is 24.7 Å². The summed E-state index contributed by atoms with van der Waals surface area (Å²) >= 11 is 0. The van der Waals surface area contributed by atoms with Gasteiger partial charge in [-0.05, 0) is 37.1 Å². The fourth-order valence-corrected chi connectivity index (χ4v) is 3.40. The van der Waals surface area contributed by atoms with E-state index in [0.717, 1.165) is 18.5 Å². The number of nitrogens with zero attached hydrogens (tertiary/aromatic N) is 2. The number of hydrogen-bond acceptors (Lipinski definition) is 4. The predicted octanol–water partition coefficient (Wildman–Crippen LogP) is 1.59. The second kappa shape index (κ2) is 6.87. The maximum absolute atomic E-state index is 13.0. The van der Waals surface area contributed by atoms with Crippen molar-refractivity contribution < 1.29 is 18.7 Å². The third-order valence-corrected chi connectivity index (χ3v) is 4.92. The highest BCUT2D eigenvalue weighted by Gasteiger charge is 2.39. The summed E-state index contributed by atoms with van der Waals surface area (Å²) in [6.45, 7) is 1.69. The standard InChI is InChI=1S/C18H19FN4O3/c19-12-1-3-13(4-2-12)23-10-15(18(23)25)21-17(24)14-9-20-22-16(14)11-5-7-26-8-6-11/h1-4,9,11,15H,5-8,10H2,(H,20,22)(H,21,24). The van der Waals surface area contributed by atoms with E-state index in [4.69, 9.17) is 4.74 Å². The summed E-state index contributed by atoms with van der Waals surface area (Å²) in [5.74, 6) is -0.662. The first-order valence-corrected chi connectivity index (χ1v) is 8.62. The van der Waals surface area contributed by atoms with Crippen molar-refractivity contribution in [1.29, 1.82) is 0 Å². The average molecular weight is 358 g/mol. The summed E-state index contributed by atoms with van der Waals surface area (Å²) in [7, 11) is 0. The molecule has 2 saturated heterocycles. The van der Waals surface area contributed by atoms with Gasteiger partial charge in [0.15, 0.2) is 0 Å². The van der Waals surface area contributed by atoms with Crippen LogP contribution in [0, 0.1) is 5.82 Å². The van der Waals surface area contributed by atoms with Crippen molar-refractivity contribution in [3.05, 3.63) is 47.5 Å². The summed E-state index contributed by atoms with van der Waals surface area (Å²) < 4.78 is 18.3. The number of carbonyl (C=O) groups is 2. The molecule has 2 aliphatic heterocycles. The van der Waals surface area contributed by atoms with Crippen molar-refractivity contribution in [1.82, 2.24) is 15.5 Å². The molecule has 0 spiro atoms. The van der Waals surface area contributed by atoms with Gasteiger partial charge in [-0.2, -0.15) is 5.10 Å². The monoisotopic (exact) mass is 358 g/mol. The number of ether oxygens (including phenoxy) is 1. The molecule has 3 heterocycles. The maximum atomic E-state index is 13.0. The third-order valence-electron chi connectivity index (χ3n) is 4.92. The van der Waals surface area contributed by atoms with Crippen LogP contribution in [-0.2, 0) is 9.53 Å². The van der Waals surface area contributed by atoms with E-state index in [1.807, 2.05) is 0 Å². The van der Waals surface area contributed by atoms with Crippen LogP contribution < -0.4 is 10.2 Å². The van der Waals surface area contributed by atoms with Crippen molar-refractivity contribution in [2.45, 2.75) is 24.8 Å².